The van der Waals surface area contributed by atoms with Crippen LogP contribution in [0, 0.1) is 3.57 Å². The molecule has 0 aliphatic carbocycles. The van der Waals surface area contributed by atoms with E-state index in [0.717, 1.165) is 14.9 Å². The van der Waals surface area contributed by atoms with Crippen LogP contribution in [0.4, 0.5) is 5.69 Å². The Morgan fingerprint density at radius 2 is 1.82 bits per heavy atom. The quantitative estimate of drug-likeness (QED) is 0.677. The van der Waals surface area contributed by atoms with E-state index in [1.807, 2.05) is 55.5 Å². The third kappa shape index (κ3) is 3.12. The van der Waals surface area contributed by atoms with E-state index < -0.39 is 0 Å². The lowest BCUT2D eigenvalue weighted by Gasteiger charge is -2.16. The maximum atomic E-state index is 5.92. The molecule has 2 aromatic rings. The van der Waals surface area contributed by atoms with E-state index >= 15 is 0 Å². The highest BCUT2D eigenvalue weighted by Crippen LogP contribution is 2.28. The van der Waals surface area contributed by atoms with Crippen LogP contribution in [0.15, 0.2) is 48.5 Å². The highest BCUT2D eigenvalue weighted by Gasteiger charge is 2.08. The van der Waals surface area contributed by atoms with Crippen molar-refractivity contribution in [2.24, 2.45) is 0 Å². The van der Waals surface area contributed by atoms with E-state index in [1.165, 1.54) is 0 Å². The minimum atomic E-state index is -0.00133. The van der Waals surface area contributed by atoms with Crippen LogP contribution in [-0.4, -0.2) is 0 Å². The largest absolute Gasteiger partial charge is 0.484 e. The second kappa shape index (κ2) is 5.40. The summed E-state index contributed by atoms with van der Waals surface area (Å²) in [5.74, 6) is 0.738. The number of halogens is 1. The van der Waals surface area contributed by atoms with Gasteiger partial charge < -0.3 is 10.5 Å². The smallest absolute Gasteiger partial charge is 0.143 e. The van der Waals surface area contributed by atoms with Crippen LogP contribution < -0.4 is 10.5 Å². The third-order valence-electron chi connectivity index (χ3n) is 2.54. The molecule has 0 saturated carbocycles. The van der Waals surface area contributed by atoms with E-state index in [9.17, 15) is 0 Å². The van der Waals surface area contributed by atoms with Gasteiger partial charge in [-0.1, -0.05) is 30.3 Å². The number of nitrogen functional groups attached to an aromatic ring is 1. The SMILES string of the molecule is CC(Oc1ccc(I)cc1N)c1ccccc1. The van der Waals surface area contributed by atoms with Crippen LogP contribution >= 0.6 is 22.6 Å². The minimum absolute atomic E-state index is 0.00133. The van der Waals surface area contributed by atoms with Crippen molar-refractivity contribution in [2.45, 2.75) is 13.0 Å². The van der Waals surface area contributed by atoms with Crippen molar-refractivity contribution in [3.63, 3.8) is 0 Å². The lowest BCUT2D eigenvalue weighted by molar-refractivity contribution is 0.228. The first-order chi connectivity index (χ1) is 8.16. The van der Waals surface area contributed by atoms with Crippen molar-refractivity contribution in [3.05, 3.63) is 57.7 Å². The van der Waals surface area contributed by atoms with Gasteiger partial charge in [-0.05, 0) is 53.3 Å². The summed E-state index contributed by atoms with van der Waals surface area (Å²) in [6, 6.07) is 15.9. The molecule has 0 bridgehead atoms. The van der Waals surface area contributed by atoms with Crippen LogP contribution in [0.5, 0.6) is 5.75 Å². The van der Waals surface area contributed by atoms with Gasteiger partial charge in [-0.3, -0.25) is 0 Å². The molecular weight excluding hydrogens is 325 g/mol. The Morgan fingerprint density at radius 3 is 2.47 bits per heavy atom. The molecule has 2 rings (SSSR count). The van der Waals surface area contributed by atoms with Crippen molar-refractivity contribution >= 4 is 28.3 Å². The molecule has 0 heterocycles. The van der Waals surface area contributed by atoms with Gasteiger partial charge in [-0.25, -0.2) is 0 Å². The number of nitrogens with two attached hydrogens (primary N) is 1. The standard InChI is InChI=1S/C14H14INO/c1-10(11-5-3-2-4-6-11)17-14-8-7-12(15)9-13(14)16/h2-10H,16H2,1H3. The fourth-order valence-electron chi connectivity index (χ4n) is 1.61. The van der Waals surface area contributed by atoms with Crippen LogP contribution in [0.25, 0.3) is 0 Å². The summed E-state index contributed by atoms with van der Waals surface area (Å²) < 4.78 is 6.97. The van der Waals surface area contributed by atoms with Crippen molar-refractivity contribution < 1.29 is 4.74 Å². The summed E-state index contributed by atoms with van der Waals surface area (Å²) in [4.78, 5) is 0. The molecule has 0 radical (unpaired) electrons. The minimum Gasteiger partial charge on any atom is -0.484 e. The first-order valence-corrected chi connectivity index (χ1v) is 6.51. The number of hydrogen-bond donors (Lipinski definition) is 1. The van der Waals surface area contributed by atoms with Crippen molar-refractivity contribution in [1.82, 2.24) is 0 Å². The number of ether oxygens (including phenoxy) is 1. The lowest BCUT2D eigenvalue weighted by Crippen LogP contribution is -2.04. The van der Waals surface area contributed by atoms with E-state index in [2.05, 4.69) is 22.6 Å². The first-order valence-electron chi connectivity index (χ1n) is 5.43. The molecule has 1 atom stereocenters. The topological polar surface area (TPSA) is 35.2 Å². The number of benzene rings is 2. The average molecular weight is 339 g/mol. The Hall–Kier alpha value is -1.23. The van der Waals surface area contributed by atoms with Gasteiger partial charge in [0.2, 0.25) is 0 Å². The summed E-state index contributed by atoms with van der Waals surface area (Å²) in [6.45, 7) is 2.02. The number of hydrogen-bond acceptors (Lipinski definition) is 2. The van der Waals surface area contributed by atoms with Crippen LogP contribution in [0.1, 0.15) is 18.6 Å². The van der Waals surface area contributed by atoms with Gasteiger partial charge in [0.1, 0.15) is 11.9 Å². The summed E-state index contributed by atoms with van der Waals surface area (Å²) in [5.41, 5.74) is 7.74. The second-order valence-electron chi connectivity index (χ2n) is 3.85. The average Bonchev–Trinajstić information content (AvgIpc) is 2.34. The molecule has 0 aliphatic rings. The molecule has 2 N–H and O–H groups in total. The van der Waals surface area contributed by atoms with E-state index in [1.54, 1.807) is 0 Å². The number of anilines is 1. The predicted molar refractivity (Wildman–Crippen MR) is 79.1 cm³/mol. The zero-order chi connectivity index (χ0) is 12.3. The third-order valence-corrected chi connectivity index (χ3v) is 3.22. The molecule has 2 aromatic carbocycles. The highest BCUT2D eigenvalue weighted by molar-refractivity contribution is 14.1. The maximum Gasteiger partial charge on any atom is 0.143 e. The molecule has 0 saturated heterocycles. The van der Waals surface area contributed by atoms with Gasteiger partial charge in [-0.15, -0.1) is 0 Å². The predicted octanol–water partition coefficient (Wildman–Crippen LogP) is 4.01. The Kier molecular flexibility index (Phi) is 3.89. The zero-order valence-electron chi connectivity index (χ0n) is 9.56. The zero-order valence-corrected chi connectivity index (χ0v) is 11.7. The monoisotopic (exact) mass is 339 g/mol. The molecular formula is C14H14INO. The summed E-state index contributed by atoms with van der Waals surface area (Å²) in [6.07, 6.45) is -0.00133. The van der Waals surface area contributed by atoms with Crippen molar-refractivity contribution in [3.8, 4) is 5.75 Å². The highest BCUT2D eigenvalue weighted by atomic mass is 127. The molecule has 88 valence electrons. The van der Waals surface area contributed by atoms with Gasteiger partial charge in [-0.2, -0.15) is 0 Å². The maximum absolute atomic E-state index is 5.92. The fraction of sp³-hybridized carbons (Fsp3) is 0.143. The molecule has 0 amide bonds. The fourth-order valence-corrected chi connectivity index (χ4v) is 2.12. The van der Waals surface area contributed by atoms with Gasteiger partial charge in [0.25, 0.3) is 0 Å². The molecule has 0 aromatic heterocycles. The lowest BCUT2D eigenvalue weighted by atomic mass is 10.1. The summed E-state index contributed by atoms with van der Waals surface area (Å²) in [7, 11) is 0. The Bertz CT molecular complexity index is 499. The molecule has 3 heteroatoms. The molecule has 17 heavy (non-hydrogen) atoms. The molecule has 2 nitrogen and oxygen atoms in total. The molecule has 0 fully saturated rings. The van der Waals surface area contributed by atoms with Crippen molar-refractivity contribution in [2.75, 3.05) is 5.73 Å². The summed E-state index contributed by atoms with van der Waals surface area (Å²) >= 11 is 2.23. The van der Waals surface area contributed by atoms with E-state index in [0.29, 0.717) is 5.69 Å². The van der Waals surface area contributed by atoms with Crippen LogP contribution in [0.3, 0.4) is 0 Å². The normalized spacial score (nSPS) is 12.1. The Labute approximate surface area is 115 Å². The van der Waals surface area contributed by atoms with Crippen molar-refractivity contribution in [1.29, 1.82) is 0 Å². The molecule has 0 spiro atoms. The number of rotatable bonds is 3. The van der Waals surface area contributed by atoms with E-state index in [-0.39, 0.29) is 6.10 Å². The van der Waals surface area contributed by atoms with E-state index in [4.69, 9.17) is 10.5 Å². The van der Waals surface area contributed by atoms with Gasteiger partial charge in [0.15, 0.2) is 0 Å². The summed E-state index contributed by atoms with van der Waals surface area (Å²) in [5, 5.41) is 0. The van der Waals surface area contributed by atoms with Gasteiger partial charge >= 0.3 is 0 Å². The first kappa shape index (κ1) is 12.2. The Balaban J connectivity index is 2.16. The van der Waals surface area contributed by atoms with Gasteiger partial charge in [0.05, 0.1) is 5.69 Å². The Morgan fingerprint density at radius 1 is 1.12 bits per heavy atom. The van der Waals surface area contributed by atoms with Crippen LogP contribution in [0.2, 0.25) is 0 Å². The molecule has 0 aliphatic heterocycles. The van der Waals surface area contributed by atoms with Gasteiger partial charge in [0, 0.05) is 3.57 Å². The van der Waals surface area contributed by atoms with Crippen LogP contribution in [-0.2, 0) is 0 Å². The second-order valence-corrected chi connectivity index (χ2v) is 5.10. The molecule has 1 unspecified atom stereocenters.